The Labute approximate surface area is 180 Å². The monoisotopic (exact) mass is 436 g/mol. The Morgan fingerprint density at radius 2 is 1.90 bits per heavy atom. The Hall–Kier alpha value is -3.72. The van der Waals surface area contributed by atoms with Gasteiger partial charge in [0.25, 0.3) is 5.56 Å². The van der Waals surface area contributed by atoms with Gasteiger partial charge in [-0.2, -0.15) is 4.98 Å². The summed E-state index contributed by atoms with van der Waals surface area (Å²) in [5, 5.41) is 12.1. The van der Waals surface area contributed by atoms with Crippen molar-refractivity contribution in [3.63, 3.8) is 0 Å². The van der Waals surface area contributed by atoms with Crippen LogP contribution in [0.2, 0.25) is 0 Å². The summed E-state index contributed by atoms with van der Waals surface area (Å²) >= 11 is 1.24. The molecule has 0 unspecified atom stereocenters. The number of nitrogens with zero attached hydrogens (tertiary/aromatic N) is 2. The minimum Gasteiger partial charge on any atom is -0.493 e. The molecule has 0 fully saturated rings. The molecule has 158 valence electrons. The summed E-state index contributed by atoms with van der Waals surface area (Å²) in [6.07, 6.45) is 7.89. The summed E-state index contributed by atoms with van der Waals surface area (Å²) in [6, 6.07) is 5.31. The van der Waals surface area contributed by atoms with Crippen LogP contribution in [-0.2, 0) is 4.79 Å². The minimum atomic E-state index is -0.497. The minimum absolute atomic E-state index is 0.00649. The number of carbonyl (C=O) groups excluding carboxylic acids is 1. The number of allylic oxidation sites excluding steroid dienone is 4. The van der Waals surface area contributed by atoms with Crippen molar-refractivity contribution in [1.82, 2.24) is 14.8 Å². The average Bonchev–Trinajstić information content (AvgIpc) is 3.16. The summed E-state index contributed by atoms with van der Waals surface area (Å²) in [5.41, 5.74) is 0.947. The number of benzene rings is 1. The van der Waals surface area contributed by atoms with E-state index in [9.17, 15) is 9.59 Å². The maximum absolute atomic E-state index is 12.6. The van der Waals surface area contributed by atoms with E-state index in [1.165, 1.54) is 28.2 Å². The van der Waals surface area contributed by atoms with Crippen LogP contribution in [0.1, 0.15) is 19.4 Å². The first-order chi connectivity index (χ1) is 14.9. The quantitative estimate of drug-likeness (QED) is 0.634. The van der Waals surface area contributed by atoms with Gasteiger partial charge in [0.15, 0.2) is 22.8 Å². The van der Waals surface area contributed by atoms with E-state index in [1.54, 1.807) is 43.5 Å². The SMILES string of the molecule is COc1cc(C=c2c(=O)nc3sc(=C4C=CC(=O)C=C4)[nH]n-3c2=N)ccc1OC(C)C. The molecule has 1 aliphatic carbocycles. The number of aromatic amines is 1. The van der Waals surface area contributed by atoms with Crippen molar-refractivity contribution in [3.8, 4) is 16.6 Å². The van der Waals surface area contributed by atoms with Gasteiger partial charge in [-0.25, -0.2) is 4.68 Å². The summed E-state index contributed by atoms with van der Waals surface area (Å²) in [4.78, 5) is 28.1. The third-order valence-electron chi connectivity index (χ3n) is 4.48. The Bertz CT molecular complexity index is 1420. The molecule has 2 N–H and O–H groups in total. The normalized spacial score (nSPS) is 14.1. The number of fused-ring (bicyclic) bond motifs is 1. The van der Waals surface area contributed by atoms with E-state index in [0.29, 0.717) is 26.9 Å². The van der Waals surface area contributed by atoms with Gasteiger partial charge in [0.05, 0.1) is 18.4 Å². The number of rotatable bonds is 4. The zero-order valence-electron chi connectivity index (χ0n) is 17.1. The van der Waals surface area contributed by atoms with Crippen LogP contribution in [0, 0.1) is 5.41 Å². The molecule has 4 rings (SSSR count). The van der Waals surface area contributed by atoms with E-state index in [1.807, 2.05) is 13.8 Å². The standard InChI is InChI=1S/C22H20N4O4S/c1-12(2)30-17-9-4-13(11-18(17)29-3)10-16-19(23)26-22(24-20(16)28)31-21(25-26)14-5-7-15(27)8-6-14/h4-12,23,25H,1-3H3. The Kier molecular flexibility index (Phi) is 5.43. The molecule has 0 amide bonds. The molecule has 0 bridgehead atoms. The van der Waals surface area contributed by atoms with Crippen molar-refractivity contribution >= 4 is 28.8 Å². The van der Waals surface area contributed by atoms with Gasteiger partial charge in [0.2, 0.25) is 5.13 Å². The van der Waals surface area contributed by atoms with Crippen LogP contribution in [0.4, 0.5) is 0 Å². The number of hydrogen-bond acceptors (Lipinski definition) is 7. The molecule has 9 heteroatoms. The first-order valence-corrected chi connectivity index (χ1v) is 10.3. The topological polar surface area (TPSA) is 110 Å². The van der Waals surface area contributed by atoms with Gasteiger partial charge in [-0.1, -0.05) is 17.4 Å². The van der Waals surface area contributed by atoms with E-state index in [4.69, 9.17) is 14.9 Å². The third-order valence-corrected chi connectivity index (χ3v) is 5.47. The van der Waals surface area contributed by atoms with Crippen LogP contribution in [0.25, 0.3) is 16.8 Å². The highest BCUT2D eigenvalue weighted by Crippen LogP contribution is 2.29. The molecule has 2 heterocycles. The lowest BCUT2D eigenvalue weighted by Gasteiger charge is -2.13. The van der Waals surface area contributed by atoms with E-state index in [-0.39, 0.29) is 22.6 Å². The maximum atomic E-state index is 12.6. The van der Waals surface area contributed by atoms with Gasteiger partial charge < -0.3 is 9.47 Å². The Morgan fingerprint density at radius 1 is 1.16 bits per heavy atom. The Morgan fingerprint density at radius 3 is 2.58 bits per heavy atom. The van der Waals surface area contributed by atoms with E-state index < -0.39 is 5.56 Å². The molecule has 0 saturated carbocycles. The number of H-pyrrole nitrogens is 1. The highest BCUT2D eigenvalue weighted by atomic mass is 32.1. The van der Waals surface area contributed by atoms with Gasteiger partial charge in [0.1, 0.15) is 4.66 Å². The zero-order valence-corrected chi connectivity index (χ0v) is 17.9. The van der Waals surface area contributed by atoms with Crippen molar-refractivity contribution in [2.24, 2.45) is 0 Å². The second kappa shape index (κ2) is 8.19. The van der Waals surface area contributed by atoms with Crippen molar-refractivity contribution in [2.45, 2.75) is 20.0 Å². The van der Waals surface area contributed by atoms with Gasteiger partial charge >= 0.3 is 0 Å². The van der Waals surface area contributed by atoms with Crippen molar-refractivity contribution in [2.75, 3.05) is 7.11 Å². The number of hydrogen-bond donors (Lipinski definition) is 2. The fraction of sp³-hybridized carbons (Fsp3) is 0.182. The molecule has 8 nitrogen and oxygen atoms in total. The van der Waals surface area contributed by atoms with Crippen LogP contribution in [-0.4, -0.2) is 33.8 Å². The zero-order chi connectivity index (χ0) is 22.1. The van der Waals surface area contributed by atoms with Crippen LogP contribution in [0.3, 0.4) is 0 Å². The van der Waals surface area contributed by atoms with E-state index in [2.05, 4.69) is 10.1 Å². The molecule has 2 aliphatic heterocycles. The highest BCUT2D eigenvalue weighted by Gasteiger charge is 2.13. The third kappa shape index (κ3) is 4.13. The number of ether oxygens (including phenoxy) is 2. The van der Waals surface area contributed by atoms with Gasteiger partial charge in [-0.3, -0.25) is 20.1 Å². The predicted molar refractivity (Wildman–Crippen MR) is 117 cm³/mol. The highest BCUT2D eigenvalue weighted by molar-refractivity contribution is 7.11. The molecule has 0 radical (unpaired) electrons. The molecular formula is C22H20N4O4S. The van der Waals surface area contributed by atoms with Crippen molar-refractivity contribution in [1.29, 1.82) is 5.41 Å². The molecule has 0 atom stereocenters. The van der Waals surface area contributed by atoms with Crippen LogP contribution in [0.5, 0.6) is 11.5 Å². The summed E-state index contributed by atoms with van der Waals surface area (Å²) in [5.74, 6) is 1.05. The predicted octanol–water partition coefficient (Wildman–Crippen LogP) is 1.01. The molecule has 3 aliphatic rings. The maximum Gasteiger partial charge on any atom is 0.283 e. The number of methoxy groups -OCH3 is 1. The molecule has 0 saturated heterocycles. The molecular weight excluding hydrogens is 416 g/mol. The smallest absolute Gasteiger partial charge is 0.283 e. The van der Waals surface area contributed by atoms with Crippen molar-refractivity contribution in [3.05, 3.63) is 73.8 Å². The lowest BCUT2D eigenvalue weighted by atomic mass is 10.1. The molecule has 0 aromatic heterocycles. The fourth-order valence-electron chi connectivity index (χ4n) is 3.05. The fourth-order valence-corrected chi connectivity index (χ4v) is 3.98. The largest absolute Gasteiger partial charge is 0.493 e. The van der Waals surface area contributed by atoms with E-state index >= 15 is 0 Å². The molecule has 31 heavy (non-hydrogen) atoms. The second-order valence-corrected chi connectivity index (χ2v) is 8.06. The molecule has 1 aromatic rings. The lowest BCUT2D eigenvalue weighted by Crippen LogP contribution is -2.47. The van der Waals surface area contributed by atoms with Crippen LogP contribution >= 0.6 is 11.3 Å². The van der Waals surface area contributed by atoms with Crippen LogP contribution in [0.15, 0.2) is 47.3 Å². The Balaban J connectivity index is 1.86. The number of aromatic nitrogens is 3. The van der Waals surface area contributed by atoms with Gasteiger partial charge in [-0.15, -0.1) is 0 Å². The summed E-state index contributed by atoms with van der Waals surface area (Å²) < 4.78 is 13.3. The summed E-state index contributed by atoms with van der Waals surface area (Å²) in [6.45, 7) is 3.85. The summed E-state index contributed by atoms with van der Waals surface area (Å²) in [7, 11) is 1.55. The van der Waals surface area contributed by atoms with Gasteiger partial charge in [0, 0.05) is 5.57 Å². The number of carbonyl (C=O) groups is 1. The van der Waals surface area contributed by atoms with Crippen molar-refractivity contribution < 1.29 is 14.3 Å². The first-order valence-electron chi connectivity index (χ1n) is 9.53. The number of ketones is 1. The lowest BCUT2D eigenvalue weighted by molar-refractivity contribution is -0.110. The molecule has 1 aromatic carbocycles. The first kappa shape index (κ1) is 20.5. The number of nitrogens with one attached hydrogen (secondary N) is 2. The average molecular weight is 436 g/mol. The van der Waals surface area contributed by atoms with Crippen LogP contribution < -0.4 is 30.4 Å². The molecule has 0 spiro atoms. The second-order valence-electron chi connectivity index (χ2n) is 7.09. The van der Waals surface area contributed by atoms with E-state index in [0.717, 1.165) is 5.57 Å². The van der Waals surface area contributed by atoms with Gasteiger partial charge in [-0.05, 0) is 61.9 Å².